The molecule has 4 nitrogen and oxygen atoms in total. The van der Waals surface area contributed by atoms with Crippen LogP contribution in [-0.4, -0.2) is 10.9 Å². The Morgan fingerprint density at radius 2 is 1.92 bits per heavy atom. The SMILES string of the molecule is Cc1ccccc1Nc1ccc(NC(=O)Cc2cccc(F)c2)cn1. The fourth-order valence-corrected chi connectivity index (χ4v) is 2.43. The van der Waals surface area contributed by atoms with E-state index in [1.165, 1.54) is 12.1 Å². The number of anilines is 3. The van der Waals surface area contributed by atoms with E-state index in [0.717, 1.165) is 11.3 Å². The van der Waals surface area contributed by atoms with E-state index in [4.69, 9.17) is 0 Å². The summed E-state index contributed by atoms with van der Waals surface area (Å²) in [6.45, 7) is 2.02. The van der Waals surface area contributed by atoms with Crippen molar-refractivity contribution in [3.63, 3.8) is 0 Å². The maximum absolute atomic E-state index is 13.1. The number of aryl methyl sites for hydroxylation is 1. The fraction of sp³-hybridized carbons (Fsp3) is 0.100. The molecular weight excluding hydrogens is 317 g/mol. The predicted molar refractivity (Wildman–Crippen MR) is 97.4 cm³/mol. The van der Waals surface area contributed by atoms with Gasteiger partial charge in [0.25, 0.3) is 0 Å². The van der Waals surface area contributed by atoms with Gasteiger partial charge in [0, 0.05) is 5.69 Å². The van der Waals surface area contributed by atoms with Gasteiger partial charge in [-0.25, -0.2) is 9.37 Å². The summed E-state index contributed by atoms with van der Waals surface area (Å²) < 4.78 is 13.1. The zero-order valence-electron chi connectivity index (χ0n) is 13.8. The molecular formula is C20H18FN3O. The van der Waals surface area contributed by atoms with Crippen molar-refractivity contribution in [2.75, 3.05) is 10.6 Å². The van der Waals surface area contributed by atoms with Gasteiger partial charge in [0.2, 0.25) is 5.91 Å². The lowest BCUT2D eigenvalue weighted by atomic mass is 10.1. The van der Waals surface area contributed by atoms with Gasteiger partial charge in [-0.2, -0.15) is 0 Å². The number of nitrogens with one attached hydrogen (secondary N) is 2. The van der Waals surface area contributed by atoms with Gasteiger partial charge >= 0.3 is 0 Å². The molecule has 1 amide bonds. The molecule has 0 aliphatic carbocycles. The van der Waals surface area contributed by atoms with Gasteiger partial charge in [-0.1, -0.05) is 30.3 Å². The standard InChI is InChI=1S/C20H18FN3O/c1-14-5-2-3-8-18(14)24-19-10-9-17(13-22-19)23-20(25)12-15-6-4-7-16(21)11-15/h2-11,13H,12H2,1H3,(H,22,24)(H,23,25). The minimum absolute atomic E-state index is 0.112. The molecule has 0 bridgehead atoms. The van der Waals surface area contributed by atoms with Crippen molar-refractivity contribution in [3.05, 3.63) is 83.8 Å². The number of hydrogen-bond acceptors (Lipinski definition) is 3. The number of carbonyl (C=O) groups excluding carboxylic acids is 1. The van der Waals surface area contributed by atoms with Gasteiger partial charge in [-0.15, -0.1) is 0 Å². The van der Waals surface area contributed by atoms with Crippen LogP contribution in [0.5, 0.6) is 0 Å². The molecule has 3 rings (SSSR count). The summed E-state index contributed by atoms with van der Waals surface area (Å²) in [4.78, 5) is 16.3. The molecule has 0 saturated heterocycles. The predicted octanol–water partition coefficient (Wildman–Crippen LogP) is 4.45. The number of carbonyl (C=O) groups is 1. The number of halogens is 1. The first-order valence-electron chi connectivity index (χ1n) is 7.93. The molecule has 0 aliphatic rings. The van der Waals surface area contributed by atoms with Crippen molar-refractivity contribution in [1.29, 1.82) is 0 Å². The van der Waals surface area contributed by atoms with E-state index in [-0.39, 0.29) is 18.1 Å². The van der Waals surface area contributed by atoms with E-state index in [1.807, 2.05) is 31.2 Å². The van der Waals surface area contributed by atoms with E-state index < -0.39 is 0 Å². The van der Waals surface area contributed by atoms with E-state index in [9.17, 15) is 9.18 Å². The second-order valence-electron chi connectivity index (χ2n) is 5.73. The van der Waals surface area contributed by atoms with Gasteiger partial charge in [0.1, 0.15) is 11.6 Å². The monoisotopic (exact) mass is 335 g/mol. The van der Waals surface area contributed by atoms with Crippen LogP contribution in [0.25, 0.3) is 0 Å². The van der Waals surface area contributed by atoms with Crippen LogP contribution < -0.4 is 10.6 Å². The van der Waals surface area contributed by atoms with Crippen LogP contribution in [0.2, 0.25) is 0 Å². The van der Waals surface area contributed by atoms with Crippen molar-refractivity contribution in [1.82, 2.24) is 4.98 Å². The normalized spacial score (nSPS) is 10.3. The lowest BCUT2D eigenvalue weighted by molar-refractivity contribution is -0.115. The Morgan fingerprint density at radius 1 is 1.08 bits per heavy atom. The van der Waals surface area contributed by atoms with Crippen LogP contribution in [0.4, 0.5) is 21.6 Å². The average Bonchev–Trinajstić information content (AvgIpc) is 2.58. The van der Waals surface area contributed by atoms with E-state index in [0.29, 0.717) is 17.1 Å². The van der Waals surface area contributed by atoms with Gasteiger partial charge in [0.05, 0.1) is 18.3 Å². The Bertz CT molecular complexity index is 878. The molecule has 5 heteroatoms. The molecule has 0 fully saturated rings. The molecule has 2 aromatic carbocycles. The van der Waals surface area contributed by atoms with Gasteiger partial charge in [0.15, 0.2) is 0 Å². The highest BCUT2D eigenvalue weighted by molar-refractivity contribution is 5.92. The summed E-state index contributed by atoms with van der Waals surface area (Å²) in [5.41, 5.74) is 3.33. The molecule has 1 heterocycles. The van der Waals surface area contributed by atoms with Crippen LogP contribution in [0, 0.1) is 12.7 Å². The molecule has 3 aromatic rings. The van der Waals surface area contributed by atoms with Crippen molar-refractivity contribution < 1.29 is 9.18 Å². The molecule has 25 heavy (non-hydrogen) atoms. The number of aromatic nitrogens is 1. The molecule has 126 valence electrons. The minimum atomic E-state index is -0.349. The summed E-state index contributed by atoms with van der Waals surface area (Å²) in [5.74, 6) is 0.128. The third kappa shape index (κ3) is 4.64. The average molecular weight is 335 g/mol. The quantitative estimate of drug-likeness (QED) is 0.724. The van der Waals surface area contributed by atoms with E-state index >= 15 is 0 Å². The second kappa shape index (κ2) is 7.57. The third-order valence-corrected chi connectivity index (χ3v) is 3.71. The molecule has 0 radical (unpaired) electrons. The van der Waals surface area contributed by atoms with Crippen molar-refractivity contribution in [3.8, 4) is 0 Å². The minimum Gasteiger partial charge on any atom is -0.340 e. The smallest absolute Gasteiger partial charge is 0.228 e. The topological polar surface area (TPSA) is 54.0 Å². The van der Waals surface area contributed by atoms with Gasteiger partial charge in [-0.3, -0.25) is 4.79 Å². The first-order chi connectivity index (χ1) is 12.1. The molecule has 0 spiro atoms. The fourth-order valence-electron chi connectivity index (χ4n) is 2.43. The Balaban J connectivity index is 1.60. The molecule has 1 aromatic heterocycles. The number of nitrogens with zero attached hydrogens (tertiary/aromatic N) is 1. The molecule has 0 unspecified atom stereocenters. The lowest BCUT2D eigenvalue weighted by Crippen LogP contribution is -2.14. The van der Waals surface area contributed by atoms with Crippen molar-refractivity contribution >= 4 is 23.1 Å². The molecule has 0 atom stereocenters. The van der Waals surface area contributed by atoms with Crippen LogP contribution in [0.15, 0.2) is 66.9 Å². The Hall–Kier alpha value is -3.21. The zero-order valence-corrected chi connectivity index (χ0v) is 13.8. The summed E-state index contributed by atoms with van der Waals surface area (Å²) in [7, 11) is 0. The maximum Gasteiger partial charge on any atom is 0.228 e. The highest BCUT2D eigenvalue weighted by Crippen LogP contribution is 2.19. The second-order valence-corrected chi connectivity index (χ2v) is 5.73. The largest absolute Gasteiger partial charge is 0.340 e. The zero-order chi connectivity index (χ0) is 17.6. The Morgan fingerprint density at radius 3 is 2.64 bits per heavy atom. The van der Waals surface area contributed by atoms with Crippen LogP contribution in [-0.2, 0) is 11.2 Å². The highest BCUT2D eigenvalue weighted by Gasteiger charge is 2.06. The highest BCUT2D eigenvalue weighted by atomic mass is 19.1. The first-order valence-corrected chi connectivity index (χ1v) is 7.93. The van der Waals surface area contributed by atoms with Crippen LogP contribution in [0.1, 0.15) is 11.1 Å². The summed E-state index contributed by atoms with van der Waals surface area (Å²) in [5, 5.41) is 5.99. The Kier molecular flexibility index (Phi) is 5.04. The summed E-state index contributed by atoms with van der Waals surface area (Å²) in [6.07, 6.45) is 1.70. The molecule has 2 N–H and O–H groups in total. The number of hydrogen-bond donors (Lipinski definition) is 2. The number of benzene rings is 2. The van der Waals surface area contributed by atoms with Crippen LogP contribution in [0.3, 0.4) is 0 Å². The lowest BCUT2D eigenvalue weighted by Gasteiger charge is -2.10. The maximum atomic E-state index is 13.1. The van der Waals surface area contributed by atoms with Gasteiger partial charge < -0.3 is 10.6 Å². The van der Waals surface area contributed by atoms with Crippen molar-refractivity contribution in [2.24, 2.45) is 0 Å². The molecule has 0 saturated carbocycles. The number of para-hydroxylation sites is 1. The third-order valence-electron chi connectivity index (χ3n) is 3.71. The van der Waals surface area contributed by atoms with E-state index in [1.54, 1.807) is 30.5 Å². The number of pyridine rings is 1. The summed E-state index contributed by atoms with van der Waals surface area (Å²) in [6, 6.07) is 17.5. The van der Waals surface area contributed by atoms with Crippen LogP contribution >= 0.6 is 0 Å². The van der Waals surface area contributed by atoms with E-state index in [2.05, 4.69) is 15.6 Å². The number of rotatable bonds is 5. The Labute approximate surface area is 145 Å². The molecule has 0 aliphatic heterocycles. The summed E-state index contributed by atoms with van der Waals surface area (Å²) >= 11 is 0. The first kappa shape index (κ1) is 16.6. The van der Waals surface area contributed by atoms with Gasteiger partial charge in [-0.05, 0) is 48.4 Å². The van der Waals surface area contributed by atoms with Crippen molar-refractivity contribution in [2.45, 2.75) is 13.3 Å². The number of amides is 1.